The van der Waals surface area contributed by atoms with Gasteiger partial charge < -0.3 is 15.0 Å². The van der Waals surface area contributed by atoms with E-state index in [1.165, 1.54) is 13.2 Å². The van der Waals surface area contributed by atoms with Crippen molar-refractivity contribution in [2.24, 2.45) is 0 Å². The van der Waals surface area contributed by atoms with Crippen LogP contribution < -0.4 is 5.32 Å². The summed E-state index contributed by atoms with van der Waals surface area (Å²) >= 11 is 1.15. The number of nitrogens with one attached hydrogen (secondary N) is 2. The van der Waals surface area contributed by atoms with Crippen LogP contribution in [0, 0.1) is 11.3 Å². The molecule has 2 N–H and O–H groups in total. The number of amides is 1. The molecule has 106 valence electrons. The minimum atomic E-state index is -0.587. The van der Waals surface area contributed by atoms with Gasteiger partial charge in [0.1, 0.15) is 16.5 Å². The van der Waals surface area contributed by atoms with Crippen LogP contribution in [0.1, 0.15) is 15.4 Å². The fourth-order valence-electron chi connectivity index (χ4n) is 1.59. The molecule has 21 heavy (non-hydrogen) atoms. The molecular weight excluding hydrogens is 290 g/mol. The van der Waals surface area contributed by atoms with Gasteiger partial charge in [-0.3, -0.25) is 4.79 Å². The SMILES string of the molecule is COC(=O)c1sccc1NC(=O)/C(C#N)=C\c1ccc[nH]1. The lowest BCUT2D eigenvalue weighted by molar-refractivity contribution is -0.112. The third-order valence-corrected chi connectivity index (χ3v) is 3.47. The van der Waals surface area contributed by atoms with E-state index in [-0.39, 0.29) is 10.5 Å². The molecule has 0 saturated heterocycles. The van der Waals surface area contributed by atoms with E-state index < -0.39 is 11.9 Å². The van der Waals surface area contributed by atoms with Crippen molar-refractivity contribution >= 4 is 35.0 Å². The zero-order chi connectivity index (χ0) is 15.2. The van der Waals surface area contributed by atoms with Crippen LogP contribution in [0.5, 0.6) is 0 Å². The van der Waals surface area contributed by atoms with Gasteiger partial charge in [0, 0.05) is 11.9 Å². The minimum Gasteiger partial charge on any atom is -0.465 e. The summed E-state index contributed by atoms with van der Waals surface area (Å²) in [5.41, 5.74) is 0.893. The number of esters is 1. The number of nitriles is 1. The van der Waals surface area contributed by atoms with Gasteiger partial charge in [-0.1, -0.05) is 0 Å². The molecule has 1 amide bonds. The number of methoxy groups -OCH3 is 1. The number of nitrogens with zero attached hydrogens (tertiary/aromatic N) is 1. The predicted octanol–water partition coefficient (Wildman–Crippen LogP) is 2.41. The molecule has 0 aromatic carbocycles. The summed E-state index contributed by atoms with van der Waals surface area (Å²) in [5, 5.41) is 13.3. The van der Waals surface area contributed by atoms with E-state index >= 15 is 0 Å². The van der Waals surface area contributed by atoms with Crippen LogP contribution >= 0.6 is 11.3 Å². The molecule has 7 heteroatoms. The Morgan fingerprint density at radius 3 is 2.90 bits per heavy atom. The summed E-state index contributed by atoms with van der Waals surface area (Å²) < 4.78 is 4.62. The van der Waals surface area contributed by atoms with Crippen molar-refractivity contribution in [2.45, 2.75) is 0 Å². The Labute approximate surface area is 124 Å². The van der Waals surface area contributed by atoms with Crippen LogP contribution in [0.4, 0.5) is 5.69 Å². The van der Waals surface area contributed by atoms with E-state index in [1.807, 2.05) is 6.07 Å². The summed E-state index contributed by atoms with van der Waals surface area (Å²) in [5.74, 6) is -1.12. The van der Waals surface area contributed by atoms with Crippen LogP contribution in [0.2, 0.25) is 0 Å². The lowest BCUT2D eigenvalue weighted by Gasteiger charge is -2.04. The van der Waals surface area contributed by atoms with Crippen LogP contribution in [0.15, 0.2) is 35.3 Å². The van der Waals surface area contributed by atoms with Crippen LogP contribution in [0.25, 0.3) is 6.08 Å². The first-order valence-electron chi connectivity index (χ1n) is 5.88. The fraction of sp³-hybridized carbons (Fsp3) is 0.0714. The zero-order valence-corrected chi connectivity index (χ0v) is 11.9. The maximum atomic E-state index is 12.1. The van der Waals surface area contributed by atoms with E-state index in [4.69, 9.17) is 5.26 Å². The van der Waals surface area contributed by atoms with Gasteiger partial charge in [0.05, 0.1) is 12.8 Å². The third kappa shape index (κ3) is 3.38. The number of carbonyl (C=O) groups excluding carboxylic acids is 2. The molecule has 0 saturated carbocycles. The molecule has 0 radical (unpaired) electrons. The molecule has 0 aliphatic heterocycles. The summed E-state index contributed by atoms with van der Waals surface area (Å²) in [6.07, 6.45) is 3.12. The second kappa shape index (κ2) is 6.54. The van der Waals surface area contributed by atoms with Crippen molar-refractivity contribution in [1.29, 1.82) is 5.26 Å². The Bertz CT molecular complexity index is 723. The Hall–Kier alpha value is -2.85. The number of hydrogen-bond donors (Lipinski definition) is 2. The highest BCUT2D eigenvalue weighted by molar-refractivity contribution is 7.12. The number of anilines is 1. The van der Waals surface area contributed by atoms with Crippen molar-refractivity contribution in [2.75, 3.05) is 12.4 Å². The quantitative estimate of drug-likeness (QED) is 0.515. The second-order valence-electron chi connectivity index (χ2n) is 3.90. The lowest BCUT2D eigenvalue weighted by atomic mass is 10.2. The predicted molar refractivity (Wildman–Crippen MR) is 78.7 cm³/mol. The minimum absolute atomic E-state index is 0.0699. The molecular formula is C14H11N3O3S. The highest BCUT2D eigenvalue weighted by atomic mass is 32.1. The highest BCUT2D eigenvalue weighted by Gasteiger charge is 2.17. The van der Waals surface area contributed by atoms with Gasteiger partial charge in [0.2, 0.25) is 0 Å². The number of thiophene rings is 1. The van der Waals surface area contributed by atoms with Crippen LogP contribution in [-0.2, 0) is 9.53 Å². The molecule has 2 aromatic rings. The summed E-state index contributed by atoms with van der Waals surface area (Å²) in [7, 11) is 1.26. The monoisotopic (exact) mass is 301 g/mol. The zero-order valence-electron chi connectivity index (χ0n) is 11.0. The van der Waals surface area contributed by atoms with Crippen molar-refractivity contribution in [3.05, 3.63) is 45.9 Å². The molecule has 0 bridgehead atoms. The molecule has 0 aliphatic carbocycles. The Kier molecular flexibility index (Phi) is 4.53. The first kappa shape index (κ1) is 14.6. The standard InChI is InChI=1S/C14H11N3O3S/c1-20-14(19)12-11(4-6-21-12)17-13(18)9(8-15)7-10-3-2-5-16-10/h2-7,16H,1H3,(H,17,18)/b9-7-. The van der Waals surface area contributed by atoms with Gasteiger partial charge in [-0.15, -0.1) is 11.3 Å². The molecule has 6 nitrogen and oxygen atoms in total. The maximum absolute atomic E-state index is 12.1. The van der Waals surface area contributed by atoms with E-state index in [9.17, 15) is 9.59 Å². The summed E-state index contributed by atoms with van der Waals surface area (Å²) in [6, 6.07) is 6.90. The normalized spacial score (nSPS) is 10.8. The number of aromatic amines is 1. The van der Waals surface area contributed by atoms with Crippen molar-refractivity contribution in [3.63, 3.8) is 0 Å². The first-order chi connectivity index (χ1) is 10.2. The summed E-state index contributed by atoms with van der Waals surface area (Å²) in [6.45, 7) is 0. The van der Waals surface area contributed by atoms with Gasteiger partial charge in [-0.05, 0) is 29.7 Å². The fourth-order valence-corrected chi connectivity index (χ4v) is 2.35. The van der Waals surface area contributed by atoms with E-state index in [2.05, 4.69) is 15.0 Å². The van der Waals surface area contributed by atoms with Gasteiger partial charge in [0.15, 0.2) is 0 Å². The average Bonchev–Trinajstić information content (AvgIpc) is 3.15. The Morgan fingerprint density at radius 1 is 1.48 bits per heavy atom. The van der Waals surface area contributed by atoms with Gasteiger partial charge >= 0.3 is 5.97 Å². The molecule has 0 atom stereocenters. The van der Waals surface area contributed by atoms with Gasteiger partial charge in [-0.25, -0.2) is 4.79 Å². The van der Waals surface area contributed by atoms with Crippen molar-refractivity contribution in [3.8, 4) is 6.07 Å². The van der Waals surface area contributed by atoms with Crippen molar-refractivity contribution in [1.82, 2.24) is 4.98 Å². The number of aromatic nitrogens is 1. The number of rotatable bonds is 4. The maximum Gasteiger partial charge on any atom is 0.350 e. The first-order valence-corrected chi connectivity index (χ1v) is 6.76. The van der Waals surface area contributed by atoms with Gasteiger partial charge in [0.25, 0.3) is 5.91 Å². The third-order valence-electron chi connectivity index (χ3n) is 2.57. The lowest BCUT2D eigenvalue weighted by Crippen LogP contribution is -2.15. The molecule has 0 spiro atoms. The van der Waals surface area contributed by atoms with Crippen LogP contribution in [0.3, 0.4) is 0 Å². The van der Waals surface area contributed by atoms with E-state index in [0.717, 1.165) is 11.3 Å². The Balaban J connectivity index is 2.20. The molecule has 2 rings (SSSR count). The number of hydrogen-bond acceptors (Lipinski definition) is 5. The highest BCUT2D eigenvalue weighted by Crippen LogP contribution is 2.23. The smallest absolute Gasteiger partial charge is 0.350 e. The van der Waals surface area contributed by atoms with Crippen molar-refractivity contribution < 1.29 is 14.3 Å². The number of H-pyrrole nitrogens is 1. The molecule has 0 unspecified atom stereocenters. The topological polar surface area (TPSA) is 95.0 Å². The van der Waals surface area contributed by atoms with E-state index in [0.29, 0.717) is 11.4 Å². The molecule has 0 aliphatic rings. The Morgan fingerprint density at radius 2 is 2.29 bits per heavy atom. The number of carbonyl (C=O) groups is 2. The second-order valence-corrected chi connectivity index (χ2v) is 4.82. The molecule has 2 aromatic heterocycles. The van der Waals surface area contributed by atoms with E-state index in [1.54, 1.807) is 29.8 Å². The molecule has 2 heterocycles. The number of ether oxygens (including phenoxy) is 1. The molecule has 0 fully saturated rings. The van der Waals surface area contributed by atoms with Crippen LogP contribution in [-0.4, -0.2) is 24.0 Å². The largest absolute Gasteiger partial charge is 0.465 e. The van der Waals surface area contributed by atoms with Gasteiger partial charge in [-0.2, -0.15) is 5.26 Å². The average molecular weight is 301 g/mol. The summed E-state index contributed by atoms with van der Waals surface area (Å²) in [4.78, 5) is 26.7.